The second-order valence-electron chi connectivity index (χ2n) is 4.94. The standard InChI is InChI=1S/C18H15O/c1-12-5-3-7-16(13(12)2)15-9-10-17-14(11-15)6-4-8-18(17)19/h3-11H,1-2H3. The molecule has 19 heavy (non-hydrogen) atoms. The lowest BCUT2D eigenvalue weighted by atomic mass is 9.95. The van der Waals surface area contributed by atoms with E-state index >= 15 is 0 Å². The average molecular weight is 247 g/mol. The normalized spacial score (nSPS) is 10.8. The molecule has 0 bridgehead atoms. The van der Waals surface area contributed by atoms with Gasteiger partial charge in [0.2, 0.25) is 0 Å². The van der Waals surface area contributed by atoms with Crippen LogP contribution in [0.25, 0.3) is 21.9 Å². The summed E-state index contributed by atoms with van der Waals surface area (Å²) >= 11 is 0. The second kappa shape index (κ2) is 4.43. The third kappa shape index (κ3) is 1.97. The first kappa shape index (κ1) is 11.8. The van der Waals surface area contributed by atoms with E-state index in [9.17, 15) is 5.11 Å². The molecule has 0 aliphatic carbocycles. The van der Waals surface area contributed by atoms with E-state index in [-0.39, 0.29) is 5.75 Å². The Balaban J connectivity index is 2.24. The first-order chi connectivity index (χ1) is 9.16. The quantitative estimate of drug-likeness (QED) is 0.558. The lowest BCUT2D eigenvalue weighted by molar-refractivity contribution is 0.360. The highest BCUT2D eigenvalue weighted by atomic mass is 16.3. The summed E-state index contributed by atoms with van der Waals surface area (Å²) in [6.07, 6.45) is 0. The fourth-order valence-corrected chi connectivity index (χ4v) is 2.49. The van der Waals surface area contributed by atoms with E-state index < -0.39 is 0 Å². The van der Waals surface area contributed by atoms with Gasteiger partial charge in [-0.25, -0.2) is 0 Å². The van der Waals surface area contributed by atoms with Gasteiger partial charge < -0.3 is 0 Å². The molecule has 0 amide bonds. The third-order valence-corrected chi connectivity index (χ3v) is 3.76. The highest BCUT2D eigenvalue weighted by Gasteiger charge is 2.06. The van der Waals surface area contributed by atoms with Crippen molar-refractivity contribution in [2.75, 3.05) is 0 Å². The Bertz CT molecular complexity index is 757. The lowest BCUT2D eigenvalue weighted by Gasteiger charge is -2.10. The number of hydrogen-bond donors (Lipinski definition) is 0. The molecule has 0 N–H and O–H groups in total. The predicted molar refractivity (Wildman–Crippen MR) is 79.0 cm³/mol. The molecule has 1 nitrogen and oxygen atoms in total. The van der Waals surface area contributed by atoms with Crippen LogP contribution in [0.4, 0.5) is 0 Å². The van der Waals surface area contributed by atoms with Gasteiger partial charge in [0.05, 0.1) is 0 Å². The van der Waals surface area contributed by atoms with Crippen molar-refractivity contribution in [2.24, 2.45) is 0 Å². The highest BCUT2D eigenvalue weighted by Crippen LogP contribution is 2.31. The molecule has 0 saturated heterocycles. The first-order valence-electron chi connectivity index (χ1n) is 6.43. The maximum Gasteiger partial charge on any atom is 0.186 e. The summed E-state index contributed by atoms with van der Waals surface area (Å²) in [6.45, 7) is 4.26. The smallest absolute Gasteiger partial charge is 0.186 e. The van der Waals surface area contributed by atoms with Crippen LogP contribution in [0.1, 0.15) is 11.1 Å². The summed E-state index contributed by atoms with van der Waals surface area (Å²) < 4.78 is 0. The Labute approximate surface area is 113 Å². The predicted octanol–water partition coefficient (Wildman–Crippen LogP) is 5.27. The SMILES string of the molecule is Cc1cccc(-c2ccc3c([O])cccc3c2)c1C. The zero-order valence-corrected chi connectivity index (χ0v) is 11.1. The number of benzene rings is 3. The molecule has 93 valence electrons. The van der Waals surface area contributed by atoms with Crippen molar-refractivity contribution in [3.8, 4) is 16.9 Å². The van der Waals surface area contributed by atoms with Gasteiger partial charge in [-0.2, -0.15) is 0 Å². The van der Waals surface area contributed by atoms with Crippen molar-refractivity contribution in [1.82, 2.24) is 0 Å². The largest absolute Gasteiger partial charge is 0.289 e. The van der Waals surface area contributed by atoms with E-state index in [1.807, 2.05) is 24.3 Å². The topological polar surface area (TPSA) is 19.9 Å². The average Bonchev–Trinajstić information content (AvgIpc) is 2.42. The van der Waals surface area contributed by atoms with Crippen LogP contribution in [0, 0.1) is 13.8 Å². The van der Waals surface area contributed by atoms with Crippen molar-refractivity contribution in [1.29, 1.82) is 0 Å². The van der Waals surface area contributed by atoms with Gasteiger partial charge in [0.1, 0.15) is 0 Å². The molecule has 0 aromatic heterocycles. The van der Waals surface area contributed by atoms with Crippen molar-refractivity contribution in [3.63, 3.8) is 0 Å². The van der Waals surface area contributed by atoms with Crippen LogP contribution in [0.15, 0.2) is 54.6 Å². The summed E-state index contributed by atoms with van der Waals surface area (Å²) in [5, 5.41) is 13.5. The Morgan fingerprint density at radius 3 is 2.47 bits per heavy atom. The number of rotatable bonds is 1. The molecule has 0 heterocycles. The fraction of sp³-hybridized carbons (Fsp3) is 0.111. The van der Waals surface area contributed by atoms with Crippen LogP contribution in [0.5, 0.6) is 5.75 Å². The van der Waals surface area contributed by atoms with E-state index in [4.69, 9.17) is 0 Å². The van der Waals surface area contributed by atoms with Crippen LogP contribution in [0.3, 0.4) is 0 Å². The molecule has 1 heteroatoms. The Kier molecular flexibility index (Phi) is 2.75. The summed E-state index contributed by atoms with van der Waals surface area (Å²) in [6, 6.07) is 17.8. The summed E-state index contributed by atoms with van der Waals surface area (Å²) in [5.74, 6) is 0.0880. The van der Waals surface area contributed by atoms with Gasteiger partial charge in [-0.05, 0) is 59.7 Å². The van der Waals surface area contributed by atoms with Gasteiger partial charge in [0.15, 0.2) is 5.75 Å². The molecule has 3 aromatic rings. The van der Waals surface area contributed by atoms with E-state index in [1.54, 1.807) is 6.07 Å². The molecule has 3 rings (SSSR count). The van der Waals surface area contributed by atoms with Gasteiger partial charge in [-0.15, -0.1) is 0 Å². The summed E-state index contributed by atoms with van der Waals surface area (Å²) in [4.78, 5) is 0. The third-order valence-electron chi connectivity index (χ3n) is 3.76. The Morgan fingerprint density at radius 2 is 1.63 bits per heavy atom. The van der Waals surface area contributed by atoms with Crippen LogP contribution in [-0.4, -0.2) is 0 Å². The maximum absolute atomic E-state index is 11.7. The Morgan fingerprint density at radius 1 is 0.842 bits per heavy atom. The second-order valence-corrected chi connectivity index (χ2v) is 4.94. The zero-order chi connectivity index (χ0) is 13.4. The van der Waals surface area contributed by atoms with Gasteiger partial charge in [-0.3, -0.25) is 5.11 Å². The molecule has 0 aliphatic heterocycles. The number of fused-ring (bicyclic) bond motifs is 1. The highest BCUT2D eigenvalue weighted by molar-refractivity contribution is 5.91. The lowest BCUT2D eigenvalue weighted by Crippen LogP contribution is -1.87. The monoisotopic (exact) mass is 247 g/mol. The van der Waals surface area contributed by atoms with Crippen molar-refractivity contribution in [3.05, 3.63) is 65.7 Å². The molecule has 1 radical (unpaired) electrons. The molecule has 0 spiro atoms. The van der Waals surface area contributed by atoms with Crippen LogP contribution in [0.2, 0.25) is 0 Å². The molecule has 0 fully saturated rings. The first-order valence-corrected chi connectivity index (χ1v) is 6.43. The van der Waals surface area contributed by atoms with E-state index in [0.29, 0.717) is 0 Å². The molecule has 0 aliphatic rings. The van der Waals surface area contributed by atoms with Gasteiger partial charge in [0, 0.05) is 5.39 Å². The van der Waals surface area contributed by atoms with E-state index in [2.05, 4.69) is 38.1 Å². The zero-order valence-electron chi connectivity index (χ0n) is 11.1. The molecule has 0 atom stereocenters. The maximum atomic E-state index is 11.7. The van der Waals surface area contributed by atoms with Crippen LogP contribution >= 0.6 is 0 Å². The minimum absolute atomic E-state index is 0.0880. The number of aryl methyl sites for hydroxylation is 1. The van der Waals surface area contributed by atoms with Crippen LogP contribution in [-0.2, 0) is 5.11 Å². The molecule has 0 saturated carbocycles. The summed E-state index contributed by atoms with van der Waals surface area (Å²) in [5.41, 5.74) is 4.98. The minimum Gasteiger partial charge on any atom is -0.289 e. The van der Waals surface area contributed by atoms with Gasteiger partial charge in [-0.1, -0.05) is 36.4 Å². The fourth-order valence-electron chi connectivity index (χ4n) is 2.49. The van der Waals surface area contributed by atoms with E-state index in [1.165, 1.54) is 22.3 Å². The molecule has 3 aromatic carbocycles. The Hall–Kier alpha value is -2.28. The van der Waals surface area contributed by atoms with E-state index in [0.717, 1.165) is 10.8 Å². The molecular weight excluding hydrogens is 232 g/mol. The minimum atomic E-state index is 0.0880. The van der Waals surface area contributed by atoms with Crippen molar-refractivity contribution < 1.29 is 5.11 Å². The number of hydrogen-bond acceptors (Lipinski definition) is 0. The van der Waals surface area contributed by atoms with Crippen molar-refractivity contribution in [2.45, 2.75) is 13.8 Å². The molecular formula is C18H15O. The molecule has 0 unspecified atom stereocenters. The summed E-state index contributed by atoms with van der Waals surface area (Å²) in [7, 11) is 0. The van der Waals surface area contributed by atoms with Gasteiger partial charge in [0.25, 0.3) is 0 Å². The van der Waals surface area contributed by atoms with Crippen LogP contribution < -0.4 is 0 Å². The van der Waals surface area contributed by atoms with Crippen molar-refractivity contribution >= 4 is 10.8 Å². The van der Waals surface area contributed by atoms with Gasteiger partial charge >= 0.3 is 0 Å².